The molecule has 0 aromatic heterocycles. The van der Waals surface area contributed by atoms with Crippen molar-refractivity contribution in [1.29, 1.82) is 0 Å². The van der Waals surface area contributed by atoms with E-state index in [1.165, 1.54) is 0 Å². The van der Waals surface area contributed by atoms with Gasteiger partial charge in [-0.15, -0.1) is 0 Å². The van der Waals surface area contributed by atoms with E-state index in [4.69, 9.17) is 9.47 Å². The first-order valence-corrected chi connectivity index (χ1v) is 10.9. The van der Waals surface area contributed by atoms with Gasteiger partial charge in [0.1, 0.15) is 0 Å². The van der Waals surface area contributed by atoms with E-state index in [0.717, 1.165) is 26.4 Å². The third-order valence-corrected chi connectivity index (χ3v) is 0.744. The van der Waals surface area contributed by atoms with Crippen LogP contribution in [0.4, 0.5) is 0 Å². The Kier molecular flexibility index (Phi) is 35.3. The molecule has 0 amide bonds. The van der Waals surface area contributed by atoms with Gasteiger partial charge >= 0.3 is 58.4 Å². The zero-order valence-corrected chi connectivity index (χ0v) is 23.9. The van der Waals surface area contributed by atoms with Gasteiger partial charge in [0.05, 0.1) is 26.4 Å². The molecule has 1 heterocycles. The van der Waals surface area contributed by atoms with Gasteiger partial charge in [-0.1, -0.05) is 0 Å². The van der Waals surface area contributed by atoms with Gasteiger partial charge in [-0.05, 0) is 0 Å². The second-order valence-electron chi connectivity index (χ2n) is 2.12. The Hall–Kier alpha value is 3.63. The summed E-state index contributed by atoms with van der Waals surface area (Å²) in [5.74, 6) is 0. The van der Waals surface area contributed by atoms with E-state index in [2.05, 4.69) is 48.1 Å². The molecule has 0 aliphatic carbocycles. The smallest absolute Gasteiger partial charge is 0.850 e. The fourth-order valence-corrected chi connectivity index (χ4v) is 0.440. The Morgan fingerprint density at radius 3 is 0.842 bits per heavy atom. The van der Waals surface area contributed by atoms with Crippen LogP contribution in [0.2, 0.25) is 0 Å². The summed E-state index contributed by atoms with van der Waals surface area (Å²) in [7, 11) is 0. The number of hydrogen-bond donors (Lipinski definition) is 0. The average molecular weight is 538 g/mol. The Labute approximate surface area is 171 Å². The third-order valence-electron chi connectivity index (χ3n) is 0.744. The summed E-state index contributed by atoms with van der Waals surface area (Å²) < 4.78 is 9.89. The first-order chi connectivity index (χ1) is 7.00. The largest absolute Gasteiger partial charge is 2.00 e. The number of ether oxygens (including phenoxy) is 2. The molecule has 1 aliphatic heterocycles. The molecule has 0 saturated carbocycles. The maximum Gasteiger partial charge on any atom is 2.00 e. The van der Waals surface area contributed by atoms with Gasteiger partial charge in [0.2, 0.25) is 0 Å². The van der Waals surface area contributed by atoms with Crippen molar-refractivity contribution in [2.24, 2.45) is 0 Å². The normalized spacial score (nSPS) is 13.8. The van der Waals surface area contributed by atoms with Gasteiger partial charge in [-0.2, -0.15) is 23.6 Å². The van der Waals surface area contributed by atoms with Gasteiger partial charge in [-0.25, -0.2) is 0 Å². The predicted molar refractivity (Wildman–Crippen MR) is 64.9 cm³/mol. The van der Waals surface area contributed by atoms with E-state index in [-0.39, 0.29) is 58.4 Å². The standard InChI is InChI=1S/C4H8O2.2H3O2PS2.3Zn/c1-2-6-4-3-5-1;2*1-3(2,4)5;;;/h1-4H2;2*(H3,1,2,4,5);;;/q;;;3*+2/p-6. The fourth-order valence-electron chi connectivity index (χ4n) is 0.440. The summed E-state index contributed by atoms with van der Waals surface area (Å²) in [6.07, 6.45) is 0. The molecule has 0 radical (unpaired) electrons. The van der Waals surface area contributed by atoms with Crippen LogP contribution in [-0.4, -0.2) is 26.4 Å². The molecule has 0 spiro atoms. The van der Waals surface area contributed by atoms with E-state index in [0.29, 0.717) is 0 Å². The molecule has 0 aromatic rings. The van der Waals surface area contributed by atoms with Crippen molar-refractivity contribution in [3.05, 3.63) is 0 Å². The molecule has 19 heavy (non-hydrogen) atoms. The van der Waals surface area contributed by atoms with Crippen molar-refractivity contribution in [3.8, 4) is 0 Å². The van der Waals surface area contributed by atoms with E-state index in [1.54, 1.807) is 0 Å². The van der Waals surface area contributed by atoms with Crippen molar-refractivity contribution in [3.63, 3.8) is 0 Å². The van der Waals surface area contributed by atoms with Gasteiger partial charge in [0.25, 0.3) is 0 Å². The second kappa shape index (κ2) is 19.7. The molecule has 1 aliphatic rings. The monoisotopic (exact) mass is 534 g/mol. The minimum Gasteiger partial charge on any atom is -0.850 e. The molecule has 0 aromatic carbocycles. The molecule has 0 unspecified atom stereocenters. The van der Waals surface area contributed by atoms with Crippen LogP contribution < -0.4 is 19.6 Å². The topological polar surface area (TPSA) is 111 Å². The number of rotatable bonds is 0. The van der Waals surface area contributed by atoms with E-state index < -0.39 is 11.4 Å². The molecule has 0 N–H and O–H groups in total. The number of hydrogen-bond acceptors (Lipinski definition) is 10. The third kappa shape index (κ3) is 89.9. The summed E-state index contributed by atoms with van der Waals surface area (Å²) in [5, 5.41) is 0. The minimum atomic E-state index is -3.72. The second-order valence-corrected chi connectivity index (χ2v) is 11.1. The van der Waals surface area contributed by atoms with Crippen molar-refractivity contribution in [2.45, 2.75) is 0 Å². The molecule has 15 heteroatoms. The molecule has 1 saturated heterocycles. The van der Waals surface area contributed by atoms with Crippen LogP contribution in [0.15, 0.2) is 0 Å². The molecule has 0 atom stereocenters. The molecular formula is C4H8O6P2S4Zn3. The molecule has 1 fully saturated rings. The van der Waals surface area contributed by atoms with Crippen molar-refractivity contribution >= 4 is 59.5 Å². The Morgan fingerprint density at radius 2 is 0.789 bits per heavy atom. The fraction of sp³-hybridized carbons (Fsp3) is 1.00. The average Bonchev–Trinajstić information content (AvgIpc) is 2.01. The molecular weight excluding hydrogens is 530 g/mol. The zero-order chi connectivity index (χ0) is 13.2. The van der Waals surface area contributed by atoms with Crippen LogP contribution in [0.5, 0.6) is 0 Å². The Bertz CT molecular complexity index is 211. The summed E-state index contributed by atoms with van der Waals surface area (Å²) >= 11 is 14.6. The van der Waals surface area contributed by atoms with Crippen molar-refractivity contribution in [2.75, 3.05) is 26.4 Å². The molecule has 6 nitrogen and oxygen atoms in total. The zero-order valence-electron chi connectivity index (χ0n) is 9.93. The SMILES string of the molecule is C1COCCO1.[O-]P([O-])(=S)[S-].[O-]P([O-])(=S)[S-].[Zn+2].[Zn+2].[Zn+2]. The Morgan fingerprint density at radius 1 is 0.684 bits per heavy atom. The summed E-state index contributed by atoms with van der Waals surface area (Å²) in [6, 6.07) is 0. The maximum atomic E-state index is 9.29. The van der Waals surface area contributed by atoms with Gasteiger partial charge in [-0.3, -0.25) is 0 Å². The van der Waals surface area contributed by atoms with Crippen LogP contribution in [0.1, 0.15) is 0 Å². The van der Waals surface area contributed by atoms with Crippen LogP contribution in [0.25, 0.3) is 0 Å². The Balaban J connectivity index is -0.0000000482. The maximum absolute atomic E-state index is 9.29. The summed E-state index contributed by atoms with van der Waals surface area (Å²) in [5.41, 5.74) is -7.44. The van der Waals surface area contributed by atoms with Crippen molar-refractivity contribution in [1.82, 2.24) is 0 Å². The molecule has 1 rings (SSSR count). The first-order valence-electron chi connectivity index (χ1n) is 3.62. The van der Waals surface area contributed by atoms with Crippen LogP contribution in [0, 0.1) is 0 Å². The van der Waals surface area contributed by atoms with E-state index in [1.807, 2.05) is 0 Å². The van der Waals surface area contributed by atoms with Crippen molar-refractivity contribution < 1.29 is 87.5 Å². The van der Waals surface area contributed by atoms with Gasteiger partial charge in [0.15, 0.2) is 0 Å². The molecule has 0 bridgehead atoms. The van der Waals surface area contributed by atoms with Crippen LogP contribution >= 0.6 is 11.4 Å². The van der Waals surface area contributed by atoms with Crippen LogP contribution in [0.3, 0.4) is 0 Å². The minimum absolute atomic E-state index is 0. The summed E-state index contributed by atoms with van der Waals surface area (Å²) in [6.45, 7) is 3.11. The van der Waals surface area contributed by atoms with Crippen LogP contribution in [-0.2, 0) is 116 Å². The van der Waals surface area contributed by atoms with E-state index in [9.17, 15) is 19.6 Å². The predicted octanol–water partition coefficient (Wildman–Crippen LogP) is -3.02. The van der Waals surface area contributed by atoms with Gasteiger partial charge in [0, 0.05) is 0 Å². The first kappa shape index (κ1) is 34.1. The summed E-state index contributed by atoms with van der Waals surface area (Å²) in [4.78, 5) is 37.2. The quantitative estimate of drug-likeness (QED) is 0.180. The van der Waals surface area contributed by atoms with Gasteiger partial charge < -0.3 is 64.9 Å². The molecule has 100 valence electrons. The van der Waals surface area contributed by atoms with E-state index >= 15 is 0 Å².